The quantitative estimate of drug-likeness (QED) is 0.656. The Morgan fingerprint density at radius 2 is 1.67 bits per heavy atom. The van der Waals surface area contributed by atoms with Crippen LogP contribution in [-0.4, -0.2) is 10.8 Å². The number of pyridine rings is 1. The Morgan fingerprint density at radius 1 is 1.13 bits per heavy atom. The van der Waals surface area contributed by atoms with Crippen molar-refractivity contribution in [2.75, 3.05) is 0 Å². The first-order valence-electron chi connectivity index (χ1n) is 5.64. The van der Waals surface area contributed by atoms with Crippen molar-refractivity contribution in [2.24, 2.45) is 0 Å². The molecule has 0 aliphatic heterocycles. The number of aryl methyl sites for hydroxylation is 1. The topological polar surface area (TPSA) is 30.0 Å². The Bertz CT molecular complexity index is 291. The summed E-state index contributed by atoms with van der Waals surface area (Å²) in [6.07, 6.45) is 9.09. The van der Waals surface area contributed by atoms with Gasteiger partial charge in [-0.15, -0.1) is 0 Å². The maximum absolute atomic E-state index is 10.7. The van der Waals surface area contributed by atoms with E-state index in [9.17, 15) is 4.79 Å². The average Bonchev–Trinajstić information content (AvgIpc) is 2.76. The molecule has 0 unspecified atom stereocenters. The van der Waals surface area contributed by atoms with Gasteiger partial charge in [0.25, 0.3) is 0 Å². The molecule has 0 N–H and O–H groups in total. The molecule has 1 aromatic heterocycles. The van der Waals surface area contributed by atoms with E-state index in [4.69, 9.17) is 0 Å². The first kappa shape index (κ1) is 11.9. The average molecular weight is 205 g/mol. The maximum Gasteiger partial charge on any atom is 0.161 e. The predicted octanol–water partition coefficient (Wildman–Crippen LogP) is 3.54. The van der Waals surface area contributed by atoms with Gasteiger partial charge in [-0.1, -0.05) is 32.1 Å². The molecule has 0 radical (unpaired) electrons. The first-order valence-corrected chi connectivity index (χ1v) is 5.64. The summed E-state index contributed by atoms with van der Waals surface area (Å²) in [6, 6.07) is 3.61. The molecule has 15 heavy (non-hydrogen) atoms. The van der Waals surface area contributed by atoms with Crippen molar-refractivity contribution in [3.05, 3.63) is 29.6 Å². The lowest BCUT2D eigenvalue weighted by molar-refractivity contribution is 0.101. The number of hydrogen-bond acceptors (Lipinski definition) is 2. The van der Waals surface area contributed by atoms with Crippen molar-refractivity contribution in [1.82, 2.24) is 4.98 Å². The van der Waals surface area contributed by atoms with Crippen molar-refractivity contribution in [3.63, 3.8) is 0 Å². The molecule has 2 heteroatoms. The van der Waals surface area contributed by atoms with Gasteiger partial charge in [0.1, 0.15) is 0 Å². The number of aromatic nitrogens is 1. The van der Waals surface area contributed by atoms with Crippen LogP contribution in [0.5, 0.6) is 0 Å². The molecular formula is C13H19NO. The molecule has 0 amide bonds. The van der Waals surface area contributed by atoms with Crippen molar-refractivity contribution >= 4 is 5.78 Å². The van der Waals surface area contributed by atoms with Gasteiger partial charge in [0.05, 0.1) is 0 Å². The van der Waals surface area contributed by atoms with Crippen molar-refractivity contribution in [1.29, 1.82) is 0 Å². The SMILES string of the molecule is C1CCCC1.CC(=O)c1ccc(C)nc1. The van der Waals surface area contributed by atoms with Crippen LogP contribution in [0.4, 0.5) is 0 Å². The Morgan fingerprint density at radius 3 is 2.00 bits per heavy atom. The second-order valence-electron chi connectivity index (χ2n) is 4.01. The molecule has 1 fully saturated rings. The number of carbonyl (C=O) groups is 1. The molecular weight excluding hydrogens is 186 g/mol. The normalized spacial score (nSPS) is 14.3. The predicted molar refractivity (Wildman–Crippen MR) is 62.1 cm³/mol. The van der Waals surface area contributed by atoms with E-state index in [0.717, 1.165) is 5.69 Å². The molecule has 2 rings (SSSR count). The highest BCUT2D eigenvalue weighted by Gasteiger charge is 1.96. The van der Waals surface area contributed by atoms with E-state index >= 15 is 0 Å². The molecule has 82 valence electrons. The van der Waals surface area contributed by atoms with Crippen molar-refractivity contribution < 1.29 is 4.79 Å². The standard InChI is InChI=1S/C8H9NO.C5H10/c1-6-3-4-8(5-9-6)7(2)10;1-2-4-5-3-1/h3-5H,1-2H3;1-5H2. The zero-order valence-electron chi connectivity index (χ0n) is 9.62. The van der Waals surface area contributed by atoms with Gasteiger partial charge in [-0.05, 0) is 26.0 Å². The third-order valence-corrected chi connectivity index (χ3v) is 2.57. The number of carbonyl (C=O) groups excluding carboxylic acids is 1. The van der Waals surface area contributed by atoms with Crippen LogP contribution >= 0.6 is 0 Å². The van der Waals surface area contributed by atoms with Crippen LogP contribution in [0.3, 0.4) is 0 Å². The lowest BCUT2D eigenvalue weighted by Gasteiger charge is -1.93. The third kappa shape index (κ3) is 4.73. The summed E-state index contributed by atoms with van der Waals surface area (Å²) < 4.78 is 0. The second-order valence-corrected chi connectivity index (χ2v) is 4.01. The number of nitrogens with zero attached hydrogens (tertiary/aromatic N) is 1. The fraction of sp³-hybridized carbons (Fsp3) is 0.538. The molecule has 0 aromatic carbocycles. The zero-order chi connectivity index (χ0) is 11.1. The number of ketones is 1. The Balaban J connectivity index is 0.000000187. The fourth-order valence-electron chi connectivity index (χ4n) is 1.56. The molecule has 1 aliphatic carbocycles. The summed E-state index contributed by atoms with van der Waals surface area (Å²) in [7, 11) is 0. The summed E-state index contributed by atoms with van der Waals surface area (Å²) in [5.74, 6) is 0.0625. The molecule has 0 spiro atoms. The minimum Gasteiger partial charge on any atom is -0.294 e. The summed E-state index contributed by atoms with van der Waals surface area (Å²) in [4.78, 5) is 14.7. The van der Waals surface area contributed by atoms with Crippen molar-refractivity contribution in [3.8, 4) is 0 Å². The van der Waals surface area contributed by atoms with Gasteiger partial charge < -0.3 is 0 Å². The van der Waals surface area contributed by atoms with Gasteiger partial charge in [-0.3, -0.25) is 9.78 Å². The van der Waals surface area contributed by atoms with Gasteiger partial charge in [0, 0.05) is 17.5 Å². The van der Waals surface area contributed by atoms with E-state index in [-0.39, 0.29) is 5.78 Å². The maximum atomic E-state index is 10.7. The molecule has 1 heterocycles. The van der Waals surface area contributed by atoms with E-state index in [1.807, 2.05) is 13.0 Å². The Hall–Kier alpha value is -1.18. The van der Waals surface area contributed by atoms with E-state index in [0.29, 0.717) is 5.56 Å². The first-order chi connectivity index (χ1) is 7.20. The molecule has 0 atom stereocenters. The lowest BCUT2D eigenvalue weighted by Crippen LogP contribution is -1.92. The highest BCUT2D eigenvalue weighted by atomic mass is 16.1. The third-order valence-electron chi connectivity index (χ3n) is 2.57. The van der Waals surface area contributed by atoms with Gasteiger partial charge in [0.2, 0.25) is 0 Å². The zero-order valence-corrected chi connectivity index (χ0v) is 9.62. The minimum atomic E-state index is 0.0625. The van der Waals surface area contributed by atoms with Gasteiger partial charge in [-0.2, -0.15) is 0 Å². The van der Waals surface area contributed by atoms with Gasteiger partial charge >= 0.3 is 0 Å². The molecule has 1 saturated carbocycles. The monoisotopic (exact) mass is 205 g/mol. The number of Topliss-reactive ketones (excluding diaryl/α,β-unsaturated/α-hetero) is 1. The lowest BCUT2D eigenvalue weighted by atomic mass is 10.2. The largest absolute Gasteiger partial charge is 0.294 e. The summed E-state index contributed by atoms with van der Waals surface area (Å²) in [6.45, 7) is 3.43. The summed E-state index contributed by atoms with van der Waals surface area (Å²) >= 11 is 0. The molecule has 2 nitrogen and oxygen atoms in total. The van der Waals surface area contributed by atoms with Crippen LogP contribution in [0.2, 0.25) is 0 Å². The van der Waals surface area contributed by atoms with E-state index in [2.05, 4.69) is 4.98 Å². The molecule has 1 aliphatic rings. The van der Waals surface area contributed by atoms with E-state index in [1.165, 1.54) is 39.0 Å². The number of rotatable bonds is 1. The van der Waals surface area contributed by atoms with Crippen LogP contribution in [-0.2, 0) is 0 Å². The van der Waals surface area contributed by atoms with Gasteiger partial charge in [0.15, 0.2) is 5.78 Å². The molecule has 0 bridgehead atoms. The Labute approximate surface area is 91.7 Å². The highest BCUT2D eigenvalue weighted by molar-refractivity contribution is 5.93. The fourth-order valence-corrected chi connectivity index (χ4v) is 1.56. The highest BCUT2D eigenvalue weighted by Crippen LogP contribution is 2.15. The Kier molecular flexibility index (Phi) is 5.02. The van der Waals surface area contributed by atoms with Crippen LogP contribution in [0.15, 0.2) is 18.3 Å². The summed E-state index contributed by atoms with van der Waals surface area (Å²) in [5, 5.41) is 0. The smallest absolute Gasteiger partial charge is 0.161 e. The molecule has 0 saturated heterocycles. The van der Waals surface area contributed by atoms with Crippen LogP contribution in [0.1, 0.15) is 55.1 Å². The second kappa shape index (κ2) is 6.33. The van der Waals surface area contributed by atoms with Crippen LogP contribution in [0.25, 0.3) is 0 Å². The van der Waals surface area contributed by atoms with Crippen LogP contribution in [0, 0.1) is 6.92 Å². The number of hydrogen-bond donors (Lipinski definition) is 0. The van der Waals surface area contributed by atoms with Crippen molar-refractivity contribution in [2.45, 2.75) is 46.0 Å². The van der Waals surface area contributed by atoms with Gasteiger partial charge in [-0.25, -0.2) is 0 Å². The van der Waals surface area contributed by atoms with E-state index < -0.39 is 0 Å². The summed E-state index contributed by atoms with van der Waals surface area (Å²) in [5.41, 5.74) is 1.61. The van der Waals surface area contributed by atoms with Crippen LogP contribution < -0.4 is 0 Å². The molecule has 1 aromatic rings. The van der Waals surface area contributed by atoms with E-state index in [1.54, 1.807) is 12.3 Å². The minimum absolute atomic E-state index is 0.0625.